The van der Waals surface area contributed by atoms with Gasteiger partial charge in [-0.05, 0) is 124 Å². The fourth-order valence-corrected chi connectivity index (χ4v) is 8.28. The van der Waals surface area contributed by atoms with E-state index in [2.05, 4.69) is 97.0 Å². The molecule has 5 heteroatoms. The zero-order chi connectivity index (χ0) is 44.3. The van der Waals surface area contributed by atoms with Crippen LogP contribution < -0.4 is 10.2 Å². The second-order valence-corrected chi connectivity index (χ2v) is 17.6. The first-order valence-corrected chi connectivity index (χ1v) is 25.7. The molecule has 0 amide bonds. The van der Waals surface area contributed by atoms with Crippen LogP contribution >= 0.6 is 0 Å². The van der Waals surface area contributed by atoms with Crippen LogP contribution in [0.4, 0.5) is 11.4 Å². The van der Waals surface area contributed by atoms with Crippen LogP contribution in [0, 0.1) is 0 Å². The largest absolute Gasteiger partial charge is 2.00 e. The summed E-state index contributed by atoms with van der Waals surface area (Å²) in [5, 5.41) is 23.9. The number of nitrogens with zero attached hydrogens (tertiary/aromatic N) is 2. The van der Waals surface area contributed by atoms with Gasteiger partial charge in [-0.25, -0.2) is 0 Å². The van der Waals surface area contributed by atoms with Crippen molar-refractivity contribution in [3.63, 3.8) is 0 Å². The second-order valence-electron chi connectivity index (χ2n) is 17.6. The summed E-state index contributed by atoms with van der Waals surface area (Å²) in [6.45, 7) is 15.4. The van der Waals surface area contributed by atoms with Crippen molar-refractivity contribution in [3.8, 4) is 11.5 Å². The first-order valence-electron chi connectivity index (χ1n) is 25.7. The van der Waals surface area contributed by atoms with Crippen molar-refractivity contribution in [2.45, 2.75) is 241 Å². The zero-order valence-electron chi connectivity index (χ0n) is 40.9. The Hall–Kier alpha value is -2.91. The van der Waals surface area contributed by atoms with Crippen LogP contribution in [-0.2, 0) is 48.6 Å². The molecule has 4 nitrogen and oxygen atoms in total. The average Bonchev–Trinajstić information content (AvgIpc) is 3.28. The van der Waals surface area contributed by atoms with Gasteiger partial charge < -0.3 is 10.2 Å². The van der Waals surface area contributed by atoms with Gasteiger partial charge in [-0.1, -0.05) is 200 Å². The van der Waals surface area contributed by atoms with E-state index in [0.717, 1.165) is 92.4 Å². The van der Waals surface area contributed by atoms with E-state index in [1.807, 2.05) is 0 Å². The van der Waals surface area contributed by atoms with Gasteiger partial charge in [-0.15, -0.1) is 11.5 Å². The van der Waals surface area contributed by atoms with Gasteiger partial charge in [0.2, 0.25) is 0 Å². The van der Waals surface area contributed by atoms with Crippen molar-refractivity contribution in [1.82, 2.24) is 0 Å². The molecule has 0 aliphatic rings. The molecule has 0 saturated carbocycles. The summed E-state index contributed by atoms with van der Waals surface area (Å²) < 4.78 is 0. The Kier molecular flexibility index (Phi) is 34.5. The first-order chi connectivity index (χ1) is 29.8. The van der Waals surface area contributed by atoms with Crippen LogP contribution in [0.15, 0.2) is 64.6 Å². The number of aliphatic imine (C=N–C) groups is 2. The molecular weight excluding hydrogens is 803 g/mol. The molecule has 3 aromatic rings. The third-order valence-corrected chi connectivity index (χ3v) is 12.2. The van der Waals surface area contributed by atoms with Crippen molar-refractivity contribution >= 4 is 22.8 Å². The van der Waals surface area contributed by atoms with E-state index in [-0.39, 0.29) is 28.0 Å². The van der Waals surface area contributed by atoms with E-state index in [9.17, 15) is 10.2 Å². The maximum absolute atomic E-state index is 12.1. The molecule has 0 bridgehead atoms. The van der Waals surface area contributed by atoms with E-state index in [1.54, 1.807) is 6.07 Å². The number of unbranched alkanes of at least 4 members (excludes halogenated alkanes) is 18. The average molecular weight is 894 g/mol. The molecule has 0 aliphatic carbocycles. The molecule has 350 valence electrons. The predicted molar refractivity (Wildman–Crippen MR) is 266 cm³/mol. The number of rotatable bonds is 33. The third kappa shape index (κ3) is 24.2. The summed E-state index contributed by atoms with van der Waals surface area (Å²) in [5.74, 6) is -0.567. The number of hydrogen-bond donors (Lipinski definition) is 0. The molecule has 0 fully saturated rings. The SMILES string of the molecule is CCCCCCCCCc1ccc(N=C(CC)C(CCCCCC)=Nc2ccc(CCCCCCCCC)cc2)cc1.CCCCCc1c([O-])c([O-])cc(CC)c1CCCC.[Ni+2]. The van der Waals surface area contributed by atoms with E-state index < -0.39 is 0 Å². The molecule has 0 unspecified atom stereocenters. The van der Waals surface area contributed by atoms with Gasteiger partial charge in [0, 0.05) is 0 Å². The van der Waals surface area contributed by atoms with Crippen molar-refractivity contribution in [2.75, 3.05) is 0 Å². The molecule has 0 radical (unpaired) electrons. The predicted octanol–water partition coefficient (Wildman–Crippen LogP) is 17.0. The Bertz CT molecular complexity index is 1590. The third-order valence-electron chi connectivity index (χ3n) is 12.2. The molecule has 0 N–H and O–H groups in total. The Morgan fingerprint density at radius 2 is 0.806 bits per heavy atom. The monoisotopic (exact) mass is 893 g/mol. The summed E-state index contributed by atoms with van der Waals surface area (Å²) in [6.07, 6.45) is 36.3. The molecule has 0 spiro atoms. The second kappa shape index (κ2) is 37.5. The zero-order valence-corrected chi connectivity index (χ0v) is 41.9. The smallest absolute Gasteiger partial charge is 0.873 e. The topological polar surface area (TPSA) is 70.8 Å². The maximum atomic E-state index is 12.1. The maximum Gasteiger partial charge on any atom is 2.00 e. The summed E-state index contributed by atoms with van der Waals surface area (Å²) >= 11 is 0. The first kappa shape index (κ1) is 57.1. The van der Waals surface area contributed by atoms with Crippen LogP contribution in [0.1, 0.15) is 237 Å². The van der Waals surface area contributed by atoms with E-state index >= 15 is 0 Å². The van der Waals surface area contributed by atoms with Gasteiger partial charge in [0.05, 0.1) is 22.8 Å². The van der Waals surface area contributed by atoms with E-state index in [1.165, 1.54) is 151 Å². The minimum atomic E-state index is -0.316. The Morgan fingerprint density at radius 1 is 0.419 bits per heavy atom. The van der Waals surface area contributed by atoms with Crippen molar-refractivity contribution in [3.05, 3.63) is 82.4 Å². The Balaban J connectivity index is 0.000000803. The fourth-order valence-electron chi connectivity index (χ4n) is 8.28. The molecule has 62 heavy (non-hydrogen) atoms. The van der Waals surface area contributed by atoms with Crippen LogP contribution in [-0.4, -0.2) is 11.4 Å². The van der Waals surface area contributed by atoms with Gasteiger partial charge >= 0.3 is 16.5 Å². The van der Waals surface area contributed by atoms with Gasteiger partial charge in [-0.3, -0.25) is 9.98 Å². The molecule has 0 aromatic heterocycles. The van der Waals surface area contributed by atoms with Crippen LogP contribution in [0.5, 0.6) is 11.5 Å². The number of benzene rings is 3. The molecule has 0 heterocycles. The minimum Gasteiger partial charge on any atom is -0.873 e. The van der Waals surface area contributed by atoms with Gasteiger partial charge in [0.1, 0.15) is 0 Å². The van der Waals surface area contributed by atoms with Crippen molar-refractivity contribution in [1.29, 1.82) is 0 Å². The summed E-state index contributed by atoms with van der Waals surface area (Å²) in [4.78, 5) is 10.3. The van der Waals surface area contributed by atoms with Crippen molar-refractivity contribution in [2.24, 2.45) is 9.98 Å². The summed E-state index contributed by atoms with van der Waals surface area (Å²) in [6, 6.07) is 19.6. The van der Waals surface area contributed by atoms with Crippen LogP contribution in [0.25, 0.3) is 0 Å². The molecule has 3 rings (SSSR count). The Morgan fingerprint density at radius 3 is 1.26 bits per heavy atom. The van der Waals surface area contributed by atoms with Gasteiger partial charge in [-0.2, -0.15) is 0 Å². The van der Waals surface area contributed by atoms with Crippen LogP contribution in [0.2, 0.25) is 0 Å². The standard InChI is InChI=1S/C40H64N2.C17H28O2.Ni/c1-5-9-12-15-17-19-21-24-35-27-31-37(32-28-35)41-39(8-4)40(26-23-14-11-7-3)42-38-33-29-36(30-34-38)25-22-20-18-16-13-10-6-2;1-4-7-9-11-15-14(10-8-5-2)13(6-3)12-16(18)17(15)19;/h27-34H,5-26H2,1-4H3;12,18-19H,4-11H2,1-3H3;/q;;+2/p-2. The Labute approximate surface area is 392 Å². The van der Waals surface area contributed by atoms with E-state index in [0.29, 0.717) is 0 Å². The van der Waals surface area contributed by atoms with Gasteiger partial charge in [0.15, 0.2) is 0 Å². The minimum absolute atomic E-state index is 0. The van der Waals surface area contributed by atoms with Crippen LogP contribution in [0.3, 0.4) is 0 Å². The summed E-state index contributed by atoms with van der Waals surface area (Å²) in [5.41, 5.74) is 10.4. The fraction of sp³-hybridized carbons (Fsp3) is 0.649. The molecular formula is C57H90N2NiO2. The molecule has 0 aliphatic heterocycles. The quantitative estimate of drug-likeness (QED) is 0.0347. The molecule has 3 aromatic carbocycles. The van der Waals surface area contributed by atoms with Crippen molar-refractivity contribution < 1.29 is 26.7 Å². The normalized spacial score (nSPS) is 11.7. The number of hydrogen-bond acceptors (Lipinski definition) is 4. The molecule has 0 atom stereocenters. The van der Waals surface area contributed by atoms with Gasteiger partial charge in [0.25, 0.3) is 0 Å². The number of aryl methyl sites for hydroxylation is 3. The molecule has 0 saturated heterocycles. The summed E-state index contributed by atoms with van der Waals surface area (Å²) in [7, 11) is 0. The van der Waals surface area contributed by atoms with E-state index in [4.69, 9.17) is 9.98 Å².